The Hall–Kier alpha value is -4.09. The average Bonchev–Trinajstić information content (AvgIpc) is 3.15. The number of aromatic nitrogens is 2. The van der Waals surface area contributed by atoms with E-state index in [0.29, 0.717) is 11.4 Å². The van der Waals surface area contributed by atoms with Crippen LogP contribution < -0.4 is 15.3 Å². The molecular formula is C27H27N5O4S2. The molecule has 1 amide bonds. The van der Waals surface area contributed by atoms with Gasteiger partial charge in [-0.1, -0.05) is 48.5 Å². The second kappa shape index (κ2) is 11.5. The van der Waals surface area contributed by atoms with Gasteiger partial charge in [-0.3, -0.25) is 14.3 Å². The molecule has 0 saturated heterocycles. The molecule has 0 unspecified atom stereocenters. The van der Waals surface area contributed by atoms with Gasteiger partial charge in [-0.05, 0) is 55.1 Å². The Morgan fingerprint density at radius 3 is 2.21 bits per heavy atom. The predicted octanol–water partition coefficient (Wildman–Crippen LogP) is 3.55. The lowest BCUT2D eigenvalue weighted by Gasteiger charge is -2.22. The predicted molar refractivity (Wildman–Crippen MR) is 151 cm³/mol. The third kappa shape index (κ3) is 5.58. The average molecular weight is 550 g/mol. The topological polar surface area (TPSA) is 106 Å². The second-order valence-electron chi connectivity index (χ2n) is 8.30. The van der Waals surface area contributed by atoms with Gasteiger partial charge in [-0.25, -0.2) is 22.8 Å². The fourth-order valence-electron chi connectivity index (χ4n) is 3.88. The molecule has 1 aromatic heterocycles. The van der Waals surface area contributed by atoms with Gasteiger partial charge in [0.05, 0.1) is 22.5 Å². The molecule has 0 radical (unpaired) electrons. The van der Waals surface area contributed by atoms with Crippen molar-refractivity contribution in [1.82, 2.24) is 14.8 Å². The highest BCUT2D eigenvalue weighted by molar-refractivity contribution is 7.98. The number of hydrogen-bond donors (Lipinski definition) is 1. The van der Waals surface area contributed by atoms with Crippen molar-refractivity contribution in [2.45, 2.75) is 16.7 Å². The summed E-state index contributed by atoms with van der Waals surface area (Å²) >= 11 is 1.61. The molecule has 38 heavy (non-hydrogen) atoms. The number of para-hydroxylation sites is 1. The fraction of sp³-hybridized carbons (Fsp3) is 0.148. The fourth-order valence-corrected chi connectivity index (χ4v) is 5.78. The number of sulfonamides is 1. The number of amides is 1. The Morgan fingerprint density at radius 2 is 1.61 bits per heavy atom. The lowest BCUT2D eigenvalue weighted by Crippen LogP contribution is -2.42. The molecule has 1 N–H and O–H groups in total. The van der Waals surface area contributed by atoms with Crippen molar-refractivity contribution in [2.24, 2.45) is 12.1 Å². The SMILES string of the molecule is CSc1ccc(/C=N\NC(=O)CN(c2c(C)n(C)n(-c3ccccc3)c2=O)S(=O)(=O)c2ccccc2)cc1. The molecule has 4 rings (SSSR count). The van der Waals surface area contributed by atoms with Gasteiger partial charge in [-0.15, -0.1) is 11.8 Å². The largest absolute Gasteiger partial charge is 0.296 e. The number of anilines is 1. The molecule has 0 atom stereocenters. The van der Waals surface area contributed by atoms with Crippen molar-refractivity contribution < 1.29 is 13.2 Å². The van der Waals surface area contributed by atoms with Crippen LogP contribution >= 0.6 is 11.8 Å². The number of rotatable bonds is 9. The van der Waals surface area contributed by atoms with Crippen LogP contribution in [0.2, 0.25) is 0 Å². The van der Waals surface area contributed by atoms with E-state index in [0.717, 1.165) is 14.8 Å². The van der Waals surface area contributed by atoms with Crippen molar-refractivity contribution >= 4 is 39.6 Å². The first-order valence-corrected chi connectivity index (χ1v) is 14.3. The summed E-state index contributed by atoms with van der Waals surface area (Å²) in [5, 5.41) is 3.97. The van der Waals surface area contributed by atoms with E-state index in [1.165, 1.54) is 23.0 Å². The highest BCUT2D eigenvalue weighted by Crippen LogP contribution is 2.25. The maximum absolute atomic E-state index is 13.7. The van der Waals surface area contributed by atoms with Crippen molar-refractivity contribution in [1.29, 1.82) is 0 Å². The summed E-state index contributed by atoms with van der Waals surface area (Å²) in [6.45, 7) is 0.993. The van der Waals surface area contributed by atoms with E-state index in [4.69, 9.17) is 0 Å². The molecule has 0 aliphatic heterocycles. The zero-order valence-corrected chi connectivity index (χ0v) is 22.7. The summed E-state index contributed by atoms with van der Waals surface area (Å²) in [5.74, 6) is -0.699. The first-order valence-electron chi connectivity index (χ1n) is 11.6. The van der Waals surface area contributed by atoms with Crippen LogP contribution in [0.3, 0.4) is 0 Å². The van der Waals surface area contributed by atoms with Crippen molar-refractivity contribution in [3.8, 4) is 5.69 Å². The minimum Gasteiger partial charge on any atom is -0.283 e. The van der Waals surface area contributed by atoms with E-state index in [1.54, 1.807) is 72.9 Å². The minimum atomic E-state index is -4.27. The molecule has 0 spiro atoms. The van der Waals surface area contributed by atoms with Crippen LogP contribution in [0.1, 0.15) is 11.3 Å². The smallest absolute Gasteiger partial charge is 0.283 e. The van der Waals surface area contributed by atoms with Crippen molar-refractivity contribution in [3.05, 3.63) is 107 Å². The van der Waals surface area contributed by atoms with Crippen LogP contribution in [-0.2, 0) is 21.9 Å². The van der Waals surface area contributed by atoms with Gasteiger partial charge < -0.3 is 0 Å². The lowest BCUT2D eigenvalue weighted by atomic mass is 10.2. The standard InChI is InChI=1S/C27H27N5O4S2/c1-20-26(27(34)32(30(20)2)22-10-6-4-7-11-22)31(38(35,36)24-12-8-5-9-13-24)19-25(33)29-28-18-21-14-16-23(37-3)17-15-21/h4-18H,19H2,1-3H3,(H,29,33)/b28-18-. The molecule has 3 aromatic carbocycles. The van der Waals surface area contributed by atoms with Crippen molar-refractivity contribution in [2.75, 3.05) is 17.1 Å². The molecule has 9 nitrogen and oxygen atoms in total. The first-order chi connectivity index (χ1) is 18.2. The first kappa shape index (κ1) is 27.0. The molecule has 196 valence electrons. The van der Waals surface area contributed by atoms with Crippen LogP contribution in [0.4, 0.5) is 5.69 Å². The number of hydrazone groups is 1. The zero-order chi connectivity index (χ0) is 27.3. The zero-order valence-electron chi connectivity index (χ0n) is 21.1. The maximum Gasteiger partial charge on any atom is 0.296 e. The summed E-state index contributed by atoms with van der Waals surface area (Å²) < 4.78 is 31.2. The highest BCUT2D eigenvalue weighted by Gasteiger charge is 2.33. The Morgan fingerprint density at radius 1 is 1.00 bits per heavy atom. The molecule has 0 bridgehead atoms. The van der Waals surface area contributed by atoms with E-state index in [9.17, 15) is 18.0 Å². The Bertz CT molecular complexity index is 1610. The Labute approximate surface area is 225 Å². The molecule has 11 heteroatoms. The number of thioether (sulfide) groups is 1. The molecule has 4 aromatic rings. The van der Waals surface area contributed by atoms with E-state index >= 15 is 0 Å². The van der Waals surface area contributed by atoms with Gasteiger partial charge in [-0.2, -0.15) is 5.10 Å². The summed E-state index contributed by atoms with van der Waals surface area (Å²) in [5.41, 5.74) is 3.40. The van der Waals surface area contributed by atoms with Crippen LogP contribution in [0.15, 0.2) is 105 Å². The van der Waals surface area contributed by atoms with E-state index in [2.05, 4.69) is 10.5 Å². The van der Waals surface area contributed by atoms with Crippen LogP contribution in [-0.4, -0.2) is 42.7 Å². The van der Waals surface area contributed by atoms with Crippen LogP contribution in [0.25, 0.3) is 5.69 Å². The van der Waals surface area contributed by atoms with E-state index in [1.807, 2.05) is 36.6 Å². The van der Waals surface area contributed by atoms with Crippen LogP contribution in [0.5, 0.6) is 0 Å². The maximum atomic E-state index is 13.7. The summed E-state index contributed by atoms with van der Waals surface area (Å²) in [4.78, 5) is 27.6. The summed E-state index contributed by atoms with van der Waals surface area (Å²) in [6.07, 6.45) is 3.44. The summed E-state index contributed by atoms with van der Waals surface area (Å²) in [7, 11) is -2.61. The third-order valence-electron chi connectivity index (χ3n) is 5.91. The van der Waals surface area contributed by atoms with Gasteiger partial charge in [0.25, 0.3) is 21.5 Å². The molecule has 0 fully saturated rings. The number of carbonyl (C=O) groups is 1. The second-order valence-corrected chi connectivity index (χ2v) is 11.0. The molecule has 0 saturated carbocycles. The van der Waals surface area contributed by atoms with Crippen LogP contribution in [0, 0.1) is 6.92 Å². The quantitative estimate of drug-likeness (QED) is 0.195. The van der Waals surface area contributed by atoms with Crippen molar-refractivity contribution in [3.63, 3.8) is 0 Å². The van der Waals surface area contributed by atoms with Gasteiger partial charge in [0, 0.05) is 11.9 Å². The molecule has 0 aliphatic carbocycles. The van der Waals surface area contributed by atoms with E-state index in [-0.39, 0.29) is 10.6 Å². The number of benzene rings is 3. The molecular weight excluding hydrogens is 522 g/mol. The number of nitrogens with one attached hydrogen (secondary N) is 1. The molecule has 0 aliphatic rings. The monoisotopic (exact) mass is 549 g/mol. The number of nitrogens with zero attached hydrogens (tertiary/aromatic N) is 4. The summed E-state index contributed by atoms with van der Waals surface area (Å²) in [6, 6.07) is 24.1. The minimum absolute atomic E-state index is 0.0425. The van der Waals surface area contributed by atoms with Gasteiger partial charge in [0.1, 0.15) is 12.2 Å². The third-order valence-corrected chi connectivity index (χ3v) is 8.41. The number of hydrogen-bond acceptors (Lipinski definition) is 6. The Balaban J connectivity index is 1.70. The number of carbonyl (C=O) groups excluding carboxylic acids is 1. The molecule has 1 heterocycles. The Kier molecular flexibility index (Phi) is 8.18. The van der Waals surface area contributed by atoms with Gasteiger partial charge in [0.2, 0.25) is 0 Å². The van der Waals surface area contributed by atoms with Gasteiger partial charge >= 0.3 is 0 Å². The van der Waals surface area contributed by atoms with Gasteiger partial charge in [0.15, 0.2) is 0 Å². The van der Waals surface area contributed by atoms with E-state index < -0.39 is 28.0 Å². The highest BCUT2D eigenvalue weighted by atomic mass is 32.2. The lowest BCUT2D eigenvalue weighted by molar-refractivity contribution is -0.119. The normalized spacial score (nSPS) is 11.6.